The molecule has 1 saturated heterocycles. The fraction of sp³-hybridized carbons (Fsp3) is 0.786. The summed E-state index contributed by atoms with van der Waals surface area (Å²) in [6, 6.07) is 0. The summed E-state index contributed by atoms with van der Waals surface area (Å²) in [5.41, 5.74) is 1.23. The fourth-order valence-corrected chi connectivity index (χ4v) is 2.49. The lowest BCUT2D eigenvalue weighted by Crippen LogP contribution is -2.48. The Bertz CT molecular complexity index is 382. The fourth-order valence-electron chi connectivity index (χ4n) is 2.49. The minimum atomic E-state index is 0.215. The molecule has 0 radical (unpaired) electrons. The molecule has 2 rings (SSSR count). The van der Waals surface area contributed by atoms with Crippen molar-refractivity contribution < 1.29 is 4.42 Å². The molecule has 0 spiro atoms. The van der Waals surface area contributed by atoms with Gasteiger partial charge in [0, 0.05) is 12.1 Å². The predicted molar refractivity (Wildman–Crippen MR) is 72.6 cm³/mol. The Morgan fingerprint density at radius 2 is 2.22 bits per heavy atom. The second-order valence-corrected chi connectivity index (χ2v) is 5.65. The Kier molecular flexibility index (Phi) is 4.07. The zero-order valence-electron chi connectivity index (χ0n) is 12.0. The molecule has 1 unspecified atom stereocenters. The van der Waals surface area contributed by atoms with Gasteiger partial charge in [0.25, 0.3) is 0 Å². The maximum absolute atomic E-state index is 5.69. The van der Waals surface area contributed by atoms with E-state index in [1.807, 2.05) is 13.8 Å². The van der Waals surface area contributed by atoms with Gasteiger partial charge < -0.3 is 9.73 Å². The molecule has 0 amide bonds. The molecule has 4 nitrogen and oxygen atoms in total. The van der Waals surface area contributed by atoms with Crippen LogP contribution in [0.4, 0.5) is 0 Å². The van der Waals surface area contributed by atoms with Crippen LogP contribution in [0.2, 0.25) is 0 Å². The van der Waals surface area contributed by atoms with E-state index in [0.29, 0.717) is 0 Å². The van der Waals surface area contributed by atoms with Crippen molar-refractivity contribution in [2.75, 3.05) is 19.6 Å². The number of nitrogens with one attached hydrogen (secondary N) is 1. The van der Waals surface area contributed by atoms with Gasteiger partial charge in [0.2, 0.25) is 5.89 Å². The first-order valence-corrected chi connectivity index (χ1v) is 6.93. The van der Waals surface area contributed by atoms with Gasteiger partial charge in [-0.05, 0) is 46.7 Å². The van der Waals surface area contributed by atoms with Crippen LogP contribution in [0, 0.1) is 13.8 Å². The van der Waals surface area contributed by atoms with Crippen LogP contribution in [0.3, 0.4) is 0 Å². The number of hydrogen-bond acceptors (Lipinski definition) is 4. The number of aryl methyl sites for hydroxylation is 2. The average molecular weight is 251 g/mol. The molecule has 18 heavy (non-hydrogen) atoms. The lowest BCUT2D eigenvalue weighted by Gasteiger charge is -2.32. The molecule has 1 aliphatic heterocycles. The third-order valence-corrected chi connectivity index (χ3v) is 3.99. The van der Waals surface area contributed by atoms with E-state index >= 15 is 0 Å². The van der Waals surface area contributed by atoms with Crippen LogP contribution in [0.5, 0.6) is 0 Å². The van der Waals surface area contributed by atoms with Crippen LogP contribution in [0.1, 0.15) is 44.0 Å². The highest BCUT2D eigenvalue weighted by molar-refractivity contribution is 5.05. The van der Waals surface area contributed by atoms with Crippen molar-refractivity contribution in [2.45, 2.75) is 52.6 Å². The molecule has 1 N–H and O–H groups in total. The Morgan fingerprint density at radius 3 is 2.83 bits per heavy atom. The molecule has 1 aromatic heterocycles. The summed E-state index contributed by atoms with van der Waals surface area (Å²) in [5, 5.41) is 3.65. The van der Waals surface area contributed by atoms with Gasteiger partial charge in [-0.15, -0.1) is 0 Å². The smallest absolute Gasteiger partial charge is 0.208 e. The predicted octanol–water partition coefficient (Wildman–Crippen LogP) is 2.26. The minimum Gasteiger partial charge on any atom is -0.444 e. The van der Waals surface area contributed by atoms with Crippen LogP contribution < -0.4 is 5.32 Å². The molecular weight excluding hydrogens is 226 g/mol. The van der Waals surface area contributed by atoms with Gasteiger partial charge in [-0.1, -0.05) is 6.92 Å². The first-order valence-electron chi connectivity index (χ1n) is 6.93. The first-order chi connectivity index (χ1) is 8.52. The molecule has 0 saturated carbocycles. The number of nitrogens with zero attached hydrogens (tertiary/aromatic N) is 2. The standard InChI is InChI=1S/C14H25N3O/c1-5-14(4)10-17(8-6-7-15-14)9-13-16-11(2)12(3)18-13/h15H,5-10H2,1-4H3. The highest BCUT2D eigenvalue weighted by Gasteiger charge is 2.27. The largest absolute Gasteiger partial charge is 0.444 e. The van der Waals surface area contributed by atoms with E-state index in [0.717, 1.165) is 49.9 Å². The van der Waals surface area contributed by atoms with E-state index < -0.39 is 0 Å². The third-order valence-electron chi connectivity index (χ3n) is 3.99. The molecule has 0 aromatic carbocycles. The number of aromatic nitrogens is 1. The van der Waals surface area contributed by atoms with E-state index in [-0.39, 0.29) is 5.54 Å². The van der Waals surface area contributed by atoms with Crippen LogP contribution in [0.25, 0.3) is 0 Å². The molecule has 1 atom stereocenters. The lowest BCUT2D eigenvalue weighted by atomic mass is 9.99. The van der Waals surface area contributed by atoms with Crippen molar-refractivity contribution in [3.05, 3.63) is 17.3 Å². The Balaban J connectivity index is 2.03. The number of rotatable bonds is 3. The second kappa shape index (κ2) is 5.41. The molecule has 1 aliphatic rings. The molecule has 102 valence electrons. The van der Waals surface area contributed by atoms with Gasteiger partial charge in [-0.3, -0.25) is 4.90 Å². The quantitative estimate of drug-likeness (QED) is 0.894. The van der Waals surface area contributed by atoms with Crippen LogP contribution >= 0.6 is 0 Å². The van der Waals surface area contributed by atoms with Crippen LogP contribution in [0.15, 0.2) is 4.42 Å². The summed E-state index contributed by atoms with van der Waals surface area (Å²) in [7, 11) is 0. The Morgan fingerprint density at radius 1 is 1.44 bits per heavy atom. The van der Waals surface area contributed by atoms with Gasteiger partial charge in [-0.25, -0.2) is 4.98 Å². The van der Waals surface area contributed by atoms with Gasteiger partial charge >= 0.3 is 0 Å². The number of hydrogen-bond donors (Lipinski definition) is 1. The normalized spacial score (nSPS) is 26.2. The topological polar surface area (TPSA) is 41.3 Å². The SMILES string of the molecule is CCC1(C)CN(Cc2nc(C)c(C)o2)CCCN1. The summed E-state index contributed by atoms with van der Waals surface area (Å²) < 4.78 is 5.69. The zero-order valence-corrected chi connectivity index (χ0v) is 12.0. The Labute approximate surface area is 110 Å². The lowest BCUT2D eigenvalue weighted by molar-refractivity contribution is 0.192. The van der Waals surface area contributed by atoms with Gasteiger partial charge in [0.1, 0.15) is 5.76 Å². The van der Waals surface area contributed by atoms with Crippen molar-refractivity contribution in [3.63, 3.8) is 0 Å². The maximum atomic E-state index is 5.69. The van der Waals surface area contributed by atoms with E-state index in [2.05, 4.69) is 29.0 Å². The van der Waals surface area contributed by atoms with Crippen molar-refractivity contribution in [1.29, 1.82) is 0 Å². The van der Waals surface area contributed by atoms with Gasteiger partial charge in [0.15, 0.2) is 0 Å². The molecule has 1 fully saturated rings. The summed E-state index contributed by atoms with van der Waals surface area (Å²) >= 11 is 0. The summed E-state index contributed by atoms with van der Waals surface area (Å²) in [6.45, 7) is 12.6. The second-order valence-electron chi connectivity index (χ2n) is 5.65. The highest BCUT2D eigenvalue weighted by atomic mass is 16.4. The highest BCUT2D eigenvalue weighted by Crippen LogP contribution is 2.18. The van der Waals surface area contributed by atoms with Crippen LogP contribution in [-0.2, 0) is 6.54 Å². The van der Waals surface area contributed by atoms with Crippen molar-refractivity contribution in [1.82, 2.24) is 15.2 Å². The third kappa shape index (κ3) is 3.12. The average Bonchev–Trinajstić information content (AvgIpc) is 2.53. The summed E-state index contributed by atoms with van der Waals surface area (Å²) in [6.07, 6.45) is 2.33. The minimum absolute atomic E-state index is 0.215. The molecule has 2 heterocycles. The van der Waals surface area contributed by atoms with Crippen molar-refractivity contribution in [3.8, 4) is 0 Å². The van der Waals surface area contributed by atoms with Crippen LogP contribution in [-0.4, -0.2) is 35.1 Å². The Hall–Kier alpha value is -0.870. The number of oxazole rings is 1. The molecule has 1 aromatic rings. The first kappa shape index (κ1) is 13.6. The van der Waals surface area contributed by atoms with E-state index in [1.165, 1.54) is 6.42 Å². The molecule has 0 bridgehead atoms. The van der Waals surface area contributed by atoms with Gasteiger partial charge in [-0.2, -0.15) is 0 Å². The maximum Gasteiger partial charge on any atom is 0.208 e. The monoisotopic (exact) mass is 251 g/mol. The molecular formula is C14H25N3O. The summed E-state index contributed by atoms with van der Waals surface area (Å²) in [5.74, 6) is 1.79. The van der Waals surface area contributed by atoms with E-state index in [9.17, 15) is 0 Å². The molecule has 4 heteroatoms. The van der Waals surface area contributed by atoms with Gasteiger partial charge in [0.05, 0.1) is 12.2 Å². The van der Waals surface area contributed by atoms with E-state index in [4.69, 9.17) is 4.42 Å². The summed E-state index contributed by atoms with van der Waals surface area (Å²) in [4.78, 5) is 6.93. The molecule has 0 aliphatic carbocycles. The van der Waals surface area contributed by atoms with E-state index in [1.54, 1.807) is 0 Å². The van der Waals surface area contributed by atoms with Crippen molar-refractivity contribution in [2.24, 2.45) is 0 Å². The van der Waals surface area contributed by atoms with Crippen molar-refractivity contribution >= 4 is 0 Å². The zero-order chi connectivity index (χ0) is 13.2.